The zero-order valence-electron chi connectivity index (χ0n) is 26.8. The van der Waals surface area contributed by atoms with Crippen molar-refractivity contribution >= 4 is 62.9 Å². The van der Waals surface area contributed by atoms with Crippen molar-refractivity contribution in [2.75, 3.05) is 47.8 Å². The molecule has 13 nitrogen and oxygen atoms in total. The molecular weight excluding hydrogens is 652 g/mol. The second-order valence-corrected chi connectivity index (χ2v) is 14.4. The number of aryl methyl sites for hydroxylation is 1. The van der Waals surface area contributed by atoms with Crippen LogP contribution < -0.4 is 25.8 Å². The van der Waals surface area contributed by atoms with Gasteiger partial charge in [-0.15, -0.1) is 0 Å². The highest BCUT2D eigenvalue weighted by Crippen LogP contribution is 2.31. The number of amides is 3. The number of hydrogen-bond acceptors (Lipinski definition) is 9. The zero-order chi connectivity index (χ0) is 33.2. The first kappa shape index (κ1) is 32.4. The molecule has 3 aliphatic heterocycles. The van der Waals surface area contributed by atoms with E-state index in [1.807, 2.05) is 29.6 Å². The van der Waals surface area contributed by atoms with Gasteiger partial charge in [-0.25, -0.2) is 23.3 Å². The van der Waals surface area contributed by atoms with Crippen LogP contribution in [0.3, 0.4) is 0 Å². The number of imide groups is 1. The topological polar surface area (TPSA) is 141 Å². The van der Waals surface area contributed by atoms with Crippen molar-refractivity contribution in [3.05, 3.63) is 65.4 Å². The maximum atomic E-state index is 13.5. The van der Waals surface area contributed by atoms with Gasteiger partial charge >= 0.3 is 6.03 Å². The van der Waals surface area contributed by atoms with E-state index in [0.29, 0.717) is 29.4 Å². The first-order valence-corrected chi connectivity index (χ1v) is 17.9. The summed E-state index contributed by atoms with van der Waals surface area (Å²) < 4.78 is 17.3. The predicted molar refractivity (Wildman–Crippen MR) is 186 cm³/mol. The Hall–Kier alpha value is -4.11. The third-order valence-corrected chi connectivity index (χ3v) is 11.0. The van der Waals surface area contributed by atoms with Crippen LogP contribution in [0.25, 0.3) is 10.9 Å². The highest BCUT2D eigenvalue weighted by Gasteiger charge is 2.29. The third-order valence-electron chi connectivity index (χ3n) is 9.32. The standard InChI is InChI=1S/C33H39ClN10O3S/c1-41-29-18-26(5-6-28(29)31(40-41)44-16-11-30(45)39-33(44)46)42-12-7-24(8-13-42)35-19-22-3-2-4-27(17-22)48(47)43-14-9-25(10-15-43)38-32-36-20-23(34)21-37-32/h2-6,17-18,20-21,24-25,35H,7-16,19H2,1H3,(H,36,37,38)(H,39,45,46). The molecule has 252 valence electrons. The summed E-state index contributed by atoms with van der Waals surface area (Å²) in [6, 6.07) is 14.5. The molecule has 2 aromatic heterocycles. The lowest BCUT2D eigenvalue weighted by molar-refractivity contribution is -0.120. The van der Waals surface area contributed by atoms with Gasteiger partial charge in [0.25, 0.3) is 0 Å². The summed E-state index contributed by atoms with van der Waals surface area (Å²) in [5.74, 6) is 0.879. The Balaban J connectivity index is 0.895. The van der Waals surface area contributed by atoms with Crippen molar-refractivity contribution in [3.63, 3.8) is 0 Å². The molecule has 5 heterocycles. The van der Waals surface area contributed by atoms with E-state index in [4.69, 9.17) is 11.6 Å². The smallest absolute Gasteiger partial charge is 0.329 e. The van der Waals surface area contributed by atoms with Crippen LogP contribution in [0.15, 0.2) is 59.8 Å². The average molecular weight is 691 g/mol. The lowest BCUT2D eigenvalue weighted by Gasteiger charge is -2.34. The lowest BCUT2D eigenvalue weighted by Crippen LogP contribution is -2.49. The normalized spacial score (nSPS) is 19.1. The average Bonchev–Trinajstić information content (AvgIpc) is 3.43. The fraction of sp³-hybridized carbons (Fsp3) is 0.424. The van der Waals surface area contributed by atoms with Crippen LogP contribution in [0.2, 0.25) is 5.02 Å². The number of carbonyl (C=O) groups excluding carboxylic acids is 2. The molecule has 1 unspecified atom stereocenters. The molecule has 1 atom stereocenters. The number of anilines is 3. The van der Waals surface area contributed by atoms with Gasteiger partial charge in [0, 0.05) is 75.9 Å². The van der Waals surface area contributed by atoms with Crippen molar-refractivity contribution in [2.24, 2.45) is 7.05 Å². The Morgan fingerprint density at radius 1 is 0.958 bits per heavy atom. The first-order valence-electron chi connectivity index (χ1n) is 16.4. The van der Waals surface area contributed by atoms with Crippen LogP contribution in [-0.2, 0) is 29.4 Å². The monoisotopic (exact) mass is 690 g/mol. The van der Waals surface area contributed by atoms with Gasteiger partial charge in [-0.3, -0.25) is 19.7 Å². The number of nitrogens with zero attached hydrogens (tertiary/aromatic N) is 7. The van der Waals surface area contributed by atoms with E-state index in [1.54, 1.807) is 17.1 Å². The van der Waals surface area contributed by atoms with E-state index in [0.717, 1.165) is 85.5 Å². The summed E-state index contributed by atoms with van der Waals surface area (Å²) in [6.45, 7) is 4.34. The third kappa shape index (κ3) is 7.16. The molecule has 3 N–H and O–H groups in total. The maximum absolute atomic E-state index is 13.5. The number of urea groups is 1. The van der Waals surface area contributed by atoms with Crippen molar-refractivity contribution in [1.29, 1.82) is 0 Å². The van der Waals surface area contributed by atoms with Crippen LogP contribution in [-0.4, -0.2) is 85.0 Å². The zero-order valence-corrected chi connectivity index (χ0v) is 28.3. The van der Waals surface area contributed by atoms with Gasteiger partial charge in [0.2, 0.25) is 11.9 Å². The van der Waals surface area contributed by atoms with Crippen LogP contribution >= 0.6 is 11.6 Å². The number of rotatable bonds is 9. The van der Waals surface area contributed by atoms with Crippen molar-refractivity contribution in [2.45, 2.75) is 55.6 Å². The summed E-state index contributed by atoms with van der Waals surface area (Å²) in [6.07, 6.45) is 7.15. The predicted octanol–water partition coefficient (Wildman–Crippen LogP) is 3.82. The van der Waals surface area contributed by atoms with Crippen molar-refractivity contribution < 1.29 is 13.8 Å². The number of aromatic nitrogens is 4. The molecule has 0 spiro atoms. The molecule has 15 heteroatoms. The lowest BCUT2D eigenvalue weighted by atomic mass is 10.0. The highest BCUT2D eigenvalue weighted by molar-refractivity contribution is 7.82. The Bertz CT molecular complexity index is 1820. The number of nitrogens with one attached hydrogen (secondary N) is 3. The second kappa shape index (κ2) is 14.2. The molecule has 3 amide bonds. The number of halogens is 1. The molecule has 3 aliphatic rings. The van der Waals surface area contributed by atoms with Crippen LogP contribution in [0.4, 0.5) is 22.2 Å². The molecule has 0 bridgehead atoms. The van der Waals surface area contributed by atoms with E-state index in [1.165, 1.54) is 4.90 Å². The molecule has 2 aromatic carbocycles. The Morgan fingerprint density at radius 2 is 1.71 bits per heavy atom. The summed E-state index contributed by atoms with van der Waals surface area (Å²) in [7, 11) is 0.664. The largest absolute Gasteiger partial charge is 0.371 e. The summed E-state index contributed by atoms with van der Waals surface area (Å²) in [5, 5.41) is 15.5. The summed E-state index contributed by atoms with van der Waals surface area (Å²) in [4.78, 5) is 37.3. The molecule has 0 aliphatic carbocycles. The molecule has 4 aromatic rings. The molecule has 7 rings (SSSR count). The Labute approximate surface area is 286 Å². The van der Waals surface area contributed by atoms with Gasteiger partial charge in [-0.1, -0.05) is 23.7 Å². The molecule has 3 saturated heterocycles. The van der Waals surface area contributed by atoms with Crippen molar-refractivity contribution in [1.82, 2.24) is 34.7 Å². The van der Waals surface area contributed by atoms with Gasteiger partial charge in [0.15, 0.2) is 5.82 Å². The second-order valence-electron chi connectivity index (χ2n) is 12.5. The number of piperidine rings is 2. The van der Waals surface area contributed by atoms with E-state index in [-0.39, 0.29) is 18.4 Å². The molecule has 3 fully saturated rings. The first-order chi connectivity index (χ1) is 23.3. The highest BCUT2D eigenvalue weighted by atomic mass is 35.5. The number of benzene rings is 2. The van der Waals surface area contributed by atoms with E-state index >= 15 is 0 Å². The van der Waals surface area contributed by atoms with Crippen LogP contribution in [0.1, 0.15) is 37.7 Å². The van der Waals surface area contributed by atoms with Crippen LogP contribution in [0.5, 0.6) is 0 Å². The fourth-order valence-corrected chi connectivity index (χ4v) is 8.03. The molecular formula is C33H39ClN10O3S. The Kier molecular flexibility index (Phi) is 9.57. The number of hydrogen-bond donors (Lipinski definition) is 3. The van der Waals surface area contributed by atoms with E-state index in [2.05, 4.69) is 60.2 Å². The molecule has 48 heavy (non-hydrogen) atoms. The number of fused-ring (bicyclic) bond motifs is 1. The molecule has 0 radical (unpaired) electrons. The van der Waals surface area contributed by atoms with Gasteiger partial charge in [-0.2, -0.15) is 5.10 Å². The van der Waals surface area contributed by atoms with Gasteiger partial charge in [-0.05, 0) is 61.6 Å². The number of carbonyl (C=O) groups is 2. The minimum absolute atomic E-state index is 0.232. The van der Waals surface area contributed by atoms with Gasteiger partial charge < -0.3 is 15.5 Å². The van der Waals surface area contributed by atoms with Crippen LogP contribution in [0, 0.1) is 0 Å². The summed E-state index contributed by atoms with van der Waals surface area (Å²) >= 11 is 5.89. The quantitative estimate of drug-likeness (QED) is 0.239. The van der Waals surface area contributed by atoms with Gasteiger partial charge in [0.1, 0.15) is 11.0 Å². The summed E-state index contributed by atoms with van der Waals surface area (Å²) in [5.41, 5.74) is 3.20. The minimum Gasteiger partial charge on any atom is -0.371 e. The molecule has 0 saturated carbocycles. The van der Waals surface area contributed by atoms with E-state index < -0.39 is 17.0 Å². The SMILES string of the molecule is Cn1nc(N2CCC(=O)NC2=O)c2ccc(N3CCC(NCc4cccc(S(=O)N5CCC(Nc6ncc(Cl)cn6)CC5)c4)CC3)cc21. The minimum atomic E-state index is -1.21. The fourth-order valence-electron chi connectivity index (χ4n) is 6.64. The maximum Gasteiger partial charge on any atom is 0.329 e. The van der Waals surface area contributed by atoms with Gasteiger partial charge in [0.05, 0.1) is 27.8 Å². The van der Waals surface area contributed by atoms with E-state index in [9.17, 15) is 13.8 Å². The Morgan fingerprint density at radius 3 is 2.46 bits per heavy atom. The van der Waals surface area contributed by atoms with Crippen molar-refractivity contribution in [3.8, 4) is 0 Å².